The summed E-state index contributed by atoms with van der Waals surface area (Å²) in [5, 5.41) is 9.75. The Morgan fingerprint density at radius 2 is 1.95 bits per heavy atom. The molecule has 0 saturated carbocycles. The molecular formula is C16H16Cl2N4. The minimum atomic E-state index is 0.560. The van der Waals surface area contributed by atoms with Crippen molar-refractivity contribution in [2.45, 2.75) is 26.3 Å². The fraction of sp³-hybridized carbons (Fsp3) is 0.250. The Hall–Kier alpha value is -1.78. The van der Waals surface area contributed by atoms with E-state index in [4.69, 9.17) is 23.2 Å². The zero-order chi connectivity index (χ0) is 15.5. The van der Waals surface area contributed by atoms with Crippen LogP contribution in [0.1, 0.15) is 19.8 Å². The molecule has 0 bridgehead atoms. The van der Waals surface area contributed by atoms with Gasteiger partial charge in [0.05, 0.1) is 32.8 Å². The molecular weight excluding hydrogens is 319 g/mol. The van der Waals surface area contributed by atoms with Crippen molar-refractivity contribution in [1.82, 2.24) is 14.8 Å². The molecule has 2 heterocycles. The van der Waals surface area contributed by atoms with E-state index in [1.807, 2.05) is 23.0 Å². The number of benzene rings is 1. The third-order valence-corrected chi connectivity index (χ3v) is 4.13. The van der Waals surface area contributed by atoms with Gasteiger partial charge in [-0.25, -0.2) is 4.98 Å². The fourth-order valence-corrected chi connectivity index (χ4v) is 2.82. The van der Waals surface area contributed by atoms with Crippen molar-refractivity contribution >= 4 is 45.6 Å². The van der Waals surface area contributed by atoms with Gasteiger partial charge in [0.1, 0.15) is 5.82 Å². The molecule has 3 rings (SSSR count). The average molecular weight is 335 g/mol. The molecule has 0 aliphatic rings. The summed E-state index contributed by atoms with van der Waals surface area (Å²) in [6.07, 6.45) is 5.82. The maximum Gasteiger partial charge on any atom is 0.141 e. The number of rotatable bonds is 5. The van der Waals surface area contributed by atoms with Crippen LogP contribution in [0, 0.1) is 0 Å². The Kier molecular flexibility index (Phi) is 4.50. The first-order valence-corrected chi connectivity index (χ1v) is 7.98. The largest absolute Gasteiger partial charge is 0.337 e. The van der Waals surface area contributed by atoms with Crippen LogP contribution in [0.2, 0.25) is 10.0 Å². The molecule has 0 saturated heterocycles. The van der Waals surface area contributed by atoms with E-state index >= 15 is 0 Å². The van der Waals surface area contributed by atoms with Crippen molar-refractivity contribution in [3.63, 3.8) is 0 Å². The van der Waals surface area contributed by atoms with Gasteiger partial charge in [0.15, 0.2) is 0 Å². The molecule has 0 radical (unpaired) electrons. The first kappa shape index (κ1) is 15.1. The van der Waals surface area contributed by atoms with Crippen molar-refractivity contribution in [3.05, 3.63) is 46.7 Å². The van der Waals surface area contributed by atoms with Gasteiger partial charge in [0.25, 0.3) is 0 Å². The topological polar surface area (TPSA) is 42.7 Å². The standard InChI is InChI=1S/C16H16Cl2N4/c1-2-3-9-22-14-7-8-19-16(11(14)10-20-22)21-15-12(17)5-4-6-13(15)18/h4-8,10H,2-3,9H2,1H3,(H,19,21). The van der Waals surface area contributed by atoms with Crippen LogP contribution in [0.5, 0.6) is 0 Å². The molecule has 0 spiro atoms. The van der Waals surface area contributed by atoms with Gasteiger partial charge in [-0.1, -0.05) is 42.6 Å². The molecule has 2 aromatic heterocycles. The second kappa shape index (κ2) is 6.55. The highest BCUT2D eigenvalue weighted by Gasteiger charge is 2.11. The van der Waals surface area contributed by atoms with Crippen LogP contribution in [0.25, 0.3) is 10.9 Å². The number of anilines is 2. The zero-order valence-electron chi connectivity index (χ0n) is 12.2. The summed E-state index contributed by atoms with van der Waals surface area (Å²) >= 11 is 12.4. The Bertz CT molecular complexity index is 778. The minimum Gasteiger partial charge on any atom is -0.337 e. The molecule has 114 valence electrons. The van der Waals surface area contributed by atoms with Crippen molar-refractivity contribution in [2.24, 2.45) is 0 Å². The van der Waals surface area contributed by atoms with Crippen LogP contribution < -0.4 is 5.32 Å². The number of hydrogen-bond acceptors (Lipinski definition) is 3. The van der Waals surface area contributed by atoms with Crippen LogP contribution in [-0.4, -0.2) is 14.8 Å². The van der Waals surface area contributed by atoms with Gasteiger partial charge in [-0.2, -0.15) is 5.10 Å². The molecule has 6 heteroatoms. The lowest BCUT2D eigenvalue weighted by Crippen LogP contribution is -2.00. The lowest BCUT2D eigenvalue weighted by molar-refractivity contribution is 0.588. The highest BCUT2D eigenvalue weighted by Crippen LogP contribution is 2.33. The van der Waals surface area contributed by atoms with E-state index in [1.165, 1.54) is 0 Å². The number of pyridine rings is 1. The molecule has 0 amide bonds. The van der Waals surface area contributed by atoms with Gasteiger partial charge in [-0.3, -0.25) is 4.68 Å². The normalized spacial score (nSPS) is 11.0. The number of aromatic nitrogens is 3. The SMILES string of the molecule is CCCCn1ncc2c(Nc3c(Cl)cccc3Cl)nccc21. The number of para-hydroxylation sites is 1. The van der Waals surface area contributed by atoms with Gasteiger partial charge in [0, 0.05) is 12.7 Å². The van der Waals surface area contributed by atoms with E-state index in [1.54, 1.807) is 18.3 Å². The summed E-state index contributed by atoms with van der Waals surface area (Å²) in [6, 6.07) is 7.37. The number of unbranched alkanes of at least 4 members (excludes halogenated alkanes) is 1. The molecule has 0 fully saturated rings. The Morgan fingerprint density at radius 1 is 1.18 bits per heavy atom. The van der Waals surface area contributed by atoms with Crippen molar-refractivity contribution in [3.8, 4) is 0 Å². The van der Waals surface area contributed by atoms with Crippen LogP contribution in [0.4, 0.5) is 11.5 Å². The van der Waals surface area contributed by atoms with Crippen molar-refractivity contribution in [1.29, 1.82) is 0 Å². The molecule has 4 nitrogen and oxygen atoms in total. The quantitative estimate of drug-likeness (QED) is 0.690. The van der Waals surface area contributed by atoms with Crippen LogP contribution in [0.3, 0.4) is 0 Å². The summed E-state index contributed by atoms with van der Waals surface area (Å²) in [5.41, 5.74) is 1.71. The summed E-state index contributed by atoms with van der Waals surface area (Å²) in [6.45, 7) is 3.07. The Morgan fingerprint density at radius 3 is 2.68 bits per heavy atom. The summed E-state index contributed by atoms with van der Waals surface area (Å²) in [4.78, 5) is 4.40. The van der Waals surface area contributed by atoms with E-state index in [9.17, 15) is 0 Å². The van der Waals surface area contributed by atoms with Gasteiger partial charge in [-0.15, -0.1) is 0 Å². The van der Waals surface area contributed by atoms with Crippen LogP contribution in [0.15, 0.2) is 36.7 Å². The van der Waals surface area contributed by atoms with E-state index in [2.05, 4.69) is 22.3 Å². The third-order valence-electron chi connectivity index (χ3n) is 3.50. The van der Waals surface area contributed by atoms with E-state index in [0.717, 1.165) is 30.3 Å². The summed E-state index contributed by atoms with van der Waals surface area (Å²) in [5.74, 6) is 0.704. The zero-order valence-corrected chi connectivity index (χ0v) is 13.7. The highest BCUT2D eigenvalue weighted by atomic mass is 35.5. The first-order chi connectivity index (χ1) is 10.7. The number of aryl methyl sites for hydroxylation is 1. The van der Waals surface area contributed by atoms with Gasteiger partial charge >= 0.3 is 0 Å². The average Bonchev–Trinajstić information content (AvgIpc) is 2.93. The second-order valence-corrected chi connectivity index (χ2v) is 5.85. The molecule has 0 atom stereocenters. The molecule has 1 N–H and O–H groups in total. The van der Waals surface area contributed by atoms with Gasteiger partial charge in [-0.05, 0) is 24.6 Å². The lowest BCUT2D eigenvalue weighted by Gasteiger charge is -2.10. The van der Waals surface area contributed by atoms with Crippen LogP contribution >= 0.6 is 23.2 Å². The Labute approximate surface area is 139 Å². The van der Waals surface area contributed by atoms with Gasteiger partial charge in [0.2, 0.25) is 0 Å². The maximum atomic E-state index is 6.21. The number of hydrogen-bond donors (Lipinski definition) is 1. The van der Waals surface area contributed by atoms with Crippen molar-refractivity contribution in [2.75, 3.05) is 5.32 Å². The minimum absolute atomic E-state index is 0.560. The Balaban J connectivity index is 1.99. The smallest absolute Gasteiger partial charge is 0.141 e. The summed E-state index contributed by atoms with van der Waals surface area (Å²) < 4.78 is 2.00. The molecule has 0 aliphatic carbocycles. The number of nitrogens with one attached hydrogen (secondary N) is 1. The molecule has 0 unspecified atom stereocenters. The summed E-state index contributed by atoms with van der Waals surface area (Å²) in [7, 11) is 0. The molecule has 22 heavy (non-hydrogen) atoms. The maximum absolute atomic E-state index is 6.21. The van der Waals surface area contributed by atoms with E-state index in [0.29, 0.717) is 21.6 Å². The number of halogens is 2. The fourth-order valence-electron chi connectivity index (χ4n) is 2.33. The van der Waals surface area contributed by atoms with Gasteiger partial charge < -0.3 is 5.32 Å². The molecule has 1 aromatic carbocycles. The predicted octanol–water partition coefficient (Wildman–Crippen LogP) is 5.28. The van der Waals surface area contributed by atoms with E-state index in [-0.39, 0.29) is 0 Å². The number of nitrogens with zero attached hydrogens (tertiary/aromatic N) is 3. The molecule has 3 aromatic rings. The third kappa shape index (κ3) is 2.89. The highest BCUT2D eigenvalue weighted by molar-refractivity contribution is 6.39. The predicted molar refractivity (Wildman–Crippen MR) is 92.2 cm³/mol. The number of fused-ring (bicyclic) bond motifs is 1. The second-order valence-electron chi connectivity index (χ2n) is 5.04. The van der Waals surface area contributed by atoms with Crippen LogP contribution in [-0.2, 0) is 6.54 Å². The van der Waals surface area contributed by atoms with E-state index < -0.39 is 0 Å². The lowest BCUT2D eigenvalue weighted by atomic mass is 10.2. The first-order valence-electron chi connectivity index (χ1n) is 7.22. The molecule has 0 aliphatic heterocycles. The monoisotopic (exact) mass is 334 g/mol. The van der Waals surface area contributed by atoms with Crippen molar-refractivity contribution < 1.29 is 0 Å².